The van der Waals surface area contributed by atoms with Crippen LogP contribution in [-0.4, -0.2) is 25.6 Å². The molecule has 0 aliphatic carbocycles. The molecule has 0 spiro atoms. The van der Waals surface area contributed by atoms with Gasteiger partial charge in [0.25, 0.3) is 0 Å². The second-order valence-corrected chi connectivity index (χ2v) is 5.45. The lowest BCUT2D eigenvalue weighted by Crippen LogP contribution is -2.12. The van der Waals surface area contributed by atoms with Crippen LogP contribution < -0.4 is 15.8 Å². The largest absolute Gasteiger partial charge is 0.493 e. The summed E-state index contributed by atoms with van der Waals surface area (Å²) in [5.74, 6) is 0.226. The van der Waals surface area contributed by atoms with E-state index in [-0.39, 0.29) is 24.9 Å². The van der Waals surface area contributed by atoms with E-state index in [1.807, 2.05) is 24.3 Å². The van der Waals surface area contributed by atoms with E-state index < -0.39 is 0 Å². The Kier molecular flexibility index (Phi) is 6.83. The van der Waals surface area contributed by atoms with Crippen molar-refractivity contribution in [1.82, 2.24) is 0 Å². The molecule has 0 unspecified atom stereocenters. The first kappa shape index (κ1) is 18.3. The topological polar surface area (TPSA) is 90.6 Å². The molecule has 0 aliphatic rings. The van der Waals surface area contributed by atoms with Gasteiger partial charge in [-0.3, -0.25) is 9.59 Å². The van der Waals surface area contributed by atoms with Gasteiger partial charge in [-0.05, 0) is 42.3 Å². The molecule has 1 amide bonds. The highest BCUT2D eigenvalue weighted by molar-refractivity contribution is 5.90. The van der Waals surface area contributed by atoms with Gasteiger partial charge < -0.3 is 20.5 Å². The fraction of sp³-hybridized carbons (Fsp3) is 0.263. The number of amides is 1. The Morgan fingerprint density at radius 1 is 1.04 bits per heavy atom. The Balaban J connectivity index is 1.77. The summed E-state index contributed by atoms with van der Waals surface area (Å²) in [6.07, 6.45) is 1.14. The Labute approximate surface area is 146 Å². The molecule has 25 heavy (non-hydrogen) atoms. The van der Waals surface area contributed by atoms with E-state index in [0.29, 0.717) is 30.0 Å². The highest BCUT2D eigenvalue weighted by atomic mass is 16.5. The van der Waals surface area contributed by atoms with Gasteiger partial charge in [-0.15, -0.1) is 0 Å². The average molecular weight is 342 g/mol. The summed E-state index contributed by atoms with van der Waals surface area (Å²) in [4.78, 5) is 23.0. The number of ether oxygens (including phenoxy) is 2. The second kappa shape index (κ2) is 9.32. The van der Waals surface area contributed by atoms with Crippen LogP contribution in [0, 0.1) is 0 Å². The van der Waals surface area contributed by atoms with Gasteiger partial charge in [0.2, 0.25) is 5.91 Å². The molecule has 0 heterocycles. The molecule has 0 saturated carbocycles. The van der Waals surface area contributed by atoms with E-state index in [9.17, 15) is 9.59 Å². The Hall–Kier alpha value is -3.02. The van der Waals surface area contributed by atoms with Gasteiger partial charge in [0.15, 0.2) is 0 Å². The number of rotatable bonds is 8. The molecule has 0 aliphatic heterocycles. The van der Waals surface area contributed by atoms with Crippen molar-refractivity contribution in [3.05, 3.63) is 54.1 Å². The zero-order valence-corrected chi connectivity index (χ0v) is 14.2. The zero-order valence-electron chi connectivity index (χ0n) is 14.2. The van der Waals surface area contributed by atoms with Crippen LogP contribution in [0.4, 0.5) is 11.4 Å². The Morgan fingerprint density at radius 2 is 1.76 bits per heavy atom. The molecule has 0 bridgehead atoms. The highest BCUT2D eigenvalue weighted by Gasteiger charge is 2.06. The molecule has 3 N–H and O–H groups in total. The van der Waals surface area contributed by atoms with Crippen LogP contribution in [0.2, 0.25) is 0 Å². The van der Waals surface area contributed by atoms with Gasteiger partial charge in [0, 0.05) is 17.8 Å². The standard InChI is InChI=1S/C19H22N2O4/c1-24-19(23)12-13-25-16-9-7-15(8-10-16)21-18(22)11-6-14-4-2-3-5-17(14)20/h2-5,7-10H,6,11-13,20H2,1H3,(H,21,22). The molecule has 6 heteroatoms. The second-order valence-electron chi connectivity index (χ2n) is 5.45. The van der Waals surface area contributed by atoms with Crippen LogP contribution in [0.25, 0.3) is 0 Å². The quantitative estimate of drug-likeness (QED) is 0.569. The fourth-order valence-electron chi connectivity index (χ4n) is 2.22. The van der Waals surface area contributed by atoms with Gasteiger partial charge in [-0.2, -0.15) is 0 Å². The number of nitrogens with one attached hydrogen (secondary N) is 1. The van der Waals surface area contributed by atoms with Crippen molar-refractivity contribution in [2.24, 2.45) is 0 Å². The third-order valence-corrected chi connectivity index (χ3v) is 3.62. The van der Waals surface area contributed by atoms with Gasteiger partial charge in [-0.25, -0.2) is 0 Å². The summed E-state index contributed by atoms with van der Waals surface area (Å²) in [5, 5.41) is 2.83. The van der Waals surface area contributed by atoms with E-state index in [4.69, 9.17) is 10.5 Å². The molecular formula is C19H22N2O4. The van der Waals surface area contributed by atoms with Crippen molar-refractivity contribution >= 4 is 23.3 Å². The van der Waals surface area contributed by atoms with Crippen LogP contribution in [-0.2, 0) is 20.7 Å². The third-order valence-electron chi connectivity index (χ3n) is 3.62. The molecule has 0 saturated heterocycles. The maximum atomic E-state index is 12.0. The van der Waals surface area contributed by atoms with E-state index in [1.165, 1.54) is 7.11 Å². The van der Waals surface area contributed by atoms with Gasteiger partial charge >= 0.3 is 5.97 Å². The van der Waals surface area contributed by atoms with E-state index in [1.54, 1.807) is 24.3 Å². The monoisotopic (exact) mass is 342 g/mol. The lowest BCUT2D eigenvalue weighted by molar-refractivity contribution is -0.141. The predicted octanol–water partition coefficient (Wildman–Crippen LogP) is 2.78. The van der Waals surface area contributed by atoms with Crippen LogP contribution in [0.15, 0.2) is 48.5 Å². The number of nitrogen functional groups attached to an aromatic ring is 1. The molecule has 2 aromatic rings. The smallest absolute Gasteiger partial charge is 0.308 e. The van der Waals surface area contributed by atoms with E-state index >= 15 is 0 Å². The number of nitrogens with two attached hydrogens (primary N) is 1. The van der Waals surface area contributed by atoms with Gasteiger partial charge in [0.1, 0.15) is 5.75 Å². The summed E-state index contributed by atoms with van der Waals surface area (Å²) >= 11 is 0. The number of benzene rings is 2. The molecule has 6 nitrogen and oxygen atoms in total. The van der Waals surface area contributed by atoms with Crippen LogP contribution in [0.5, 0.6) is 5.75 Å². The Morgan fingerprint density at radius 3 is 2.44 bits per heavy atom. The van der Waals surface area contributed by atoms with Crippen molar-refractivity contribution in [3.63, 3.8) is 0 Å². The number of carbonyl (C=O) groups is 2. The van der Waals surface area contributed by atoms with Crippen molar-refractivity contribution in [3.8, 4) is 5.75 Å². The average Bonchev–Trinajstić information content (AvgIpc) is 2.62. The number of aryl methyl sites for hydroxylation is 1. The number of hydrogen-bond acceptors (Lipinski definition) is 5. The molecule has 132 valence electrons. The molecular weight excluding hydrogens is 320 g/mol. The SMILES string of the molecule is COC(=O)CCOc1ccc(NC(=O)CCc2ccccc2N)cc1. The first-order chi connectivity index (χ1) is 12.1. The highest BCUT2D eigenvalue weighted by Crippen LogP contribution is 2.17. The van der Waals surface area contributed by atoms with Crippen molar-refractivity contribution < 1.29 is 19.1 Å². The molecule has 0 radical (unpaired) electrons. The van der Waals surface area contributed by atoms with Crippen LogP contribution >= 0.6 is 0 Å². The maximum Gasteiger partial charge on any atom is 0.308 e. The number of anilines is 2. The lowest BCUT2D eigenvalue weighted by Gasteiger charge is -2.09. The van der Waals surface area contributed by atoms with Crippen LogP contribution in [0.1, 0.15) is 18.4 Å². The first-order valence-electron chi connectivity index (χ1n) is 8.01. The minimum atomic E-state index is -0.317. The summed E-state index contributed by atoms with van der Waals surface area (Å²) in [5.41, 5.74) is 8.22. The van der Waals surface area contributed by atoms with Gasteiger partial charge in [-0.1, -0.05) is 18.2 Å². The number of methoxy groups -OCH3 is 1. The third kappa shape index (κ3) is 6.18. The fourth-order valence-corrected chi connectivity index (χ4v) is 2.22. The minimum Gasteiger partial charge on any atom is -0.493 e. The lowest BCUT2D eigenvalue weighted by atomic mass is 10.1. The number of para-hydroxylation sites is 1. The first-order valence-corrected chi connectivity index (χ1v) is 8.01. The van der Waals surface area contributed by atoms with Crippen molar-refractivity contribution in [1.29, 1.82) is 0 Å². The van der Waals surface area contributed by atoms with Crippen molar-refractivity contribution in [2.45, 2.75) is 19.3 Å². The normalized spacial score (nSPS) is 10.1. The van der Waals surface area contributed by atoms with Crippen LogP contribution in [0.3, 0.4) is 0 Å². The maximum absolute atomic E-state index is 12.0. The summed E-state index contributed by atoms with van der Waals surface area (Å²) < 4.78 is 9.97. The zero-order chi connectivity index (χ0) is 18.1. The molecule has 0 aromatic heterocycles. The van der Waals surface area contributed by atoms with E-state index in [0.717, 1.165) is 5.56 Å². The summed E-state index contributed by atoms with van der Waals surface area (Å²) in [6, 6.07) is 14.5. The molecule has 0 atom stereocenters. The Bertz CT molecular complexity index is 714. The predicted molar refractivity (Wildman–Crippen MR) is 96.4 cm³/mol. The van der Waals surface area contributed by atoms with Crippen molar-refractivity contribution in [2.75, 3.05) is 24.8 Å². The van der Waals surface area contributed by atoms with E-state index in [2.05, 4.69) is 10.1 Å². The number of hydrogen-bond donors (Lipinski definition) is 2. The van der Waals surface area contributed by atoms with Gasteiger partial charge in [0.05, 0.1) is 20.1 Å². The number of carbonyl (C=O) groups excluding carboxylic acids is 2. The molecule has 2 aromatic carbocycles. The number of esters is 1. The summed E-state index contributed by atoms with van der Waals surface area (Å²) in [6.45, 7) is 0.247. The summed E-state index contributed by atoms with van der Waals surface area (Å²) in [7, 11) is 1.34. The minimum absolute atomic E-state index is 0.0809. The molecule has 2 rings (SSSR count). The molecule has 0 fully saturated rings.